The van der Waals surface area contributed by atoms with Crippen molar-refractivity contribution in [3.05, 3.63) is 143 Å². The van der Waals surface area contributed by atoms with E-state index >= 15 is 4.79 Å². The fourth-order valence-corrected chi connectivity index (χ4v) is 14.2. The summed E-state index contributed by atoms with van der Waals surface area (Å²) in [5.74, 6) is 0.581. The number of aliphatic hydroxyl groups excluding tert-OH is 1. The number of anilines is 3. The van der Waals surface area contributed by atoms with E-state index in [9.17, 15) is 9.90 Å². The predicted molar refractivity (Wildman–Crippen MR) is 250 cm³/mol. The molecule has 328 valence electrons. The summed E-state index contributed by atoms with van der Waals surface area (Å²) >= 11 is 0. The fourth-order valence-electron chi connectivity index (χ4n) is 10.1. The number of aliphatic hydroxyl groups is 1. The first-order chi connectivity index (χ1) is 30.4. The number of allylic oxidation sites excluding steroid dienone is 3. The van der Waals surface area contributed by atoms with Gasteiger partial charge in [0.05, 0.1) is 50.9 Å². The third kappa shape index (κ3) is 8.27. The number of aryl methyl sites for hydroxylation is 1. The molecule has 3 aliphatic rings. The molecule has 2 amide bonds. The lowest BCUT2D eigenvalue weighted by atomic mass is 9.82. The Morgan fingerprint density at radius 3 is 2.44 bits per heavy atom. The lowest BCUT2D eigenvalue weighted by Crippen LogP contribution is -2.52. The highest BCUT2D eigenvalue weighted by Gasteiger charge is 2.66. The van der Waals surface area contributed by atoms with Crippen LogP contribution in [-0.2, 0) is 26.5 Å². The largest absolute Gasteiger partial charge is 0.497 e. The zero-order chi connectivity index (χ0) is 44.5. The van der Waals surface area contributed by atoms with Crippen LogP contribution < -0.4 is 24.5 Å². The second kappa shape index (κ2) is 18.1. The minimum absolute atomic E-state index is 0.0177. The summed E-state index contributed by atoms with van der Waals surface area (Å²) in [6, 6.07) is 31.7. The molecule has 8 rings (SSSR count). The second-order valence-corrected chi connectivity index (χ2v) is 22.7. The first-order valence-electron chi connectivity index (χ1n) is 22.1. The van der Waals surface area contributed by atoms with Crippen molar-refractivity contribution in [3.8, 4) is 11.5 Å². The van der Waals surface area contributed by atoms with Crippen molar-refractivity contribution >= 4 is 42.1 Å². The molecule has 4 heterocycles. The maximum atomic E-state index is 15.6. The van der Waals surface area contributed by atoms with Gasteiger partial charge in [-0.15, -0.1) is 5.10 Å². The Balaban J connectivity index is 1.21. The van der Waals surface area contributed by atoms with E-state index in [0.29, 0.717) is 42.3 Å². The van der Waals surface area contributed by atoms with Gasteiger partial charge in [-0.3, -0.25) is 19.2 Å². The first-order valence-corrected chi connectivity index (χ1v) is 25.1. The number of nitrogens with zero attached hydrogens (tertiary/aromatic N) is 5. The van der Waals surface area contributed by atoms with Crippen molar-refractivity contribution in [2.45, 2.75) is 89.8 Å². The molecule has 1 N–H and O–H groups in total. The quantitative estimate of drug-likeness (QED) is 0.0820. The summed E-state index contributed by atoms with van der Waals surface area (Å²) in [5.41, 5.74) is 5.68. The highest BCUT2D eigenvalue weighted by atomic mass is 28.3. The molecule has 4 aromatic carbocycles. The van der Waals surface area contributed by atoms with Crippen molar-refractivity contribution in [2.24, 2.45) is 5.92 Å². The zero-order valence-corrected chi connectivity index (χ0v) is 38.5. The van der Waals surface area contributed by atoms with Crippen LogP contribution in [0.15, 0.2) is 127 Å². The van der Waals surface area contributed by atoms with Crippen molar-refractivity contribution in [3.63, 3.8) is 0 Å². The number of fused-ring (bicyclic) bond motifs is 3. The van der Waals surface area contributed by atoms with Gasteiger partial charge in [-0.2, -0.15) is 0 Å². The van der Waals surface area contributed by atoms with E-state index in [-0.39, 0.29) is 48.5 Å². The monoisotopic (exact) mass is 865 g/mol. The lowest BCUT2D eigenvalue weighted by molar-refractivity contribution is -0.145. The van der Waals surface area contributed by atoms with Crippen LogP contribution in [0, 0.1) is 5.92 Å². The minimum atomic E-state index is -2.47. The van der Waals surface area contributed by atoms with E-state index < -0.39 is 13.7 Å². The van der Waals surface area contributed by atoms with Crippen LogP contribution in [0.25, 0.3) is 0 Å². The molecule has 5 atom stereocenters. The Hall–Kier alpha value is -5.82. The third-order valence-corrected chi connectivity index (χ3v) is 17.8. The number of para-hydroxylation sites is 2. The standard InChI is InChI=1S/C51H59N5O6Si/c1-34(2)14-13-15-35(3)26-29-55-44-25-20-38(56-45-18-11-12-19-46(45)61-33-48(56)58)30-42(44)51(50(55)59)36(4)49(63(6,7)40-23-21-39(60-5)22-24-40)47(62-51)27-28-54-31-43(52-53-54)41(32-57)37-16-9-8-10-17-37/h8-12,14,16-26,30-31,36,41,47,49,57H,13,15,27-29,32-33H2,1-7H3/b35-26+/t36-,41?,47+,49-,51+/m0/s1. The average molecular weight is 866 g/mol. The number of benzene rings is 4. The van der Waals surface area contributed by atoms with Crippen molar-refractivity contribution in [2.75, 3.05) is 36.7 Å². The topological polar surface area (TPSA) is 119 Å². The van der Waals surface area contributed by atoms with Gasteiger partial charge in [-0.1, -0.05) is 108 Å². The van der Waals surface area contributed by atoms with Crippen molar-refractivity contribution in [1.82, 2.24) is 15.0 Å². The molecule has 0 radical (unpaired) electrons. The molecular weight excluding hydrogens is 807 g/mol. The van der Waals surface area contributed by atoms with Crippen LogP contribution in [0.3, 0.4) is 0 Å². The third-order valence-electron chi connectivity index (χ3n) is 13.4. The zero-order valence-electron chi connectivity index (χ0n) is 37.5. The molecular formula is C51H59N5O6Si. The van der Waals surface area contributed by atoms with Crippen LogP contribution in [0.2, 0.25) is 18.6 Å². The summed E-state index contributed by atoms with van der Waals surface area (Å²) in [4.78, 5) is 32.9. The van der Waals surface area contributed by atoms with Crippen LogP contribution >= 0.6 is 0 Å². The molecule has 1 saturated heterocycles. The van der Waals surface area contributed by atoms with Crippen LogP contribution in [0.1, 0.15) is 69.7 Å². The SMILES string of the molecule is COc1ccc([Si](C)(C)[C@@H]2[C@@H](CCn3cc(C(CO)c4ccccc4)nn3)O[C@]3(C(=O)N(C/C=C(\C)CCC=C(C)C)c4ccc(N5C(=O)COc6ccccc65)cc43)[C@H]2C)cc1. The Bertz CT molecular complexity index is 2510. The summed E-state index contributed by atoms with van der Waals surface area (Å²) in [5, 5.41) is 20.7. The van der Waals surface area contributed by atoms with Gasteiger partial charge in [0.15, 0.2) is 12.2 Å². The van der Waals surface area contributed by atoms with Gasteiger partial charge in [0.1, 0.15) is 11.5 Å². The van der Waals surface area contributed by atoms with Crippen molar-refractivity contribution < 1.29 is 28.9 Å². The molecule has 5 aromatic rings. The molecule has 1 aromatic heterocycles. The van der Waals surface area contributed by atoms with E-state index in [1.807, 2.05) is 101 Å². The maximum Gasteiger partial charge on any atom is 0.269 e. The summed E-state index contributed by atoms with van der Waals surface area (Å²) in [7, 11) is -0.793. The number of hydrogen-bond donors (Lipinski definition) is 1. The van der Waals surface area contributed by atoms with Crippen LogP contribution in [-0.4, -0.2) is 73.0 Å². The Morgan fingerprint density at radius 2 is 1.71 bits per heavy atom. The van der Waals surface area contributed by atoms with Crippen LogP contribution in [0.5, 0.6) is 11.5 Å². The minimum Gasteiger partial charge on any atom is -0.497 e. The molecule has 0 aliphatic carbocycles. The number of hydrogen-bond acceptors (Lipinski definition) is 8. The summed E-state index contributed by atoms with van der Waals surface area (Å²) in [6.07, 6.45) is 8.39. The molecule has 1 unspecified atom stereocenters. The highest BCUT2D eigenvalue weighted by molar-refractivity contribution is 6.91. The number of aromatic nitrogens is 3. The molecule has 3 aliphatic heterocycles. The maximum absolute atomic E-state index is 15.6. The molecule has 63 heavy (non-hydrogen) atoms. The predicted octanol–water partition coefficient (Wildman–Crippen LogP) is 8.81. The highest BCUT2D eigenvalue weighted by Crippen LogP contribution is 2.60. The lowest BCUT2D eigenvalue weighted by Gasteiger charge is -2.37. The molecule has 1 fully saturated rings. The van der Waals surface area contributed by atoms with Gasteiger partial charge in [0.2, 0.25) is 0 Å². The molecule has 0 bridgehead atoms. The van der Waals surface area contributed by atoms with Gasteiger partial charge in [-0.05, 0) is 93.6 Å². The number of ether oxygens (including phenoxy) is 3. The Morgan fingerprint density at radius 1 is 0.968 bits per heavy atom. The van der Waals surface area contributed by atoms with E-state index in [1.54, 1.807) is 12.0 Å². The van der Waals surface area contributed by atoms with E-state index in [4.69, 9.17) is 14.2 Å². The fraction of sp³-hybridized carbons (Fsp3) is 0.373. The van der Waals surface area contributed by atoms with Gasteiger partial charge in [-0.25, -0.2) is 0 Å². The molecule has 11 nitrogen and oxygen atoms in total. The number of carbonyl (C=O) groups is 2. The Labute approximate surface area is 372 Å². The van der Waals surface area contributed by atoms with E-state index in [0.717, 1.165) is 35.4 Å². The summed E-state index contributed by atoms with van der Waals surface area (Å²) < 4.78 is 20.7. The number of amides is 2. The van der Waals surface area contributed by atoms with Gasteiger partial charge >= 0.3 is 0 Å². The average Bonchev–Trinajstić information content (AvgIpc) is 3.94. The number of rotatable bonds is 15. The normalized spacial score (nSPS) is 21.3. The second-order valence-electron chi connectivity index (χ2n) is 18.0. The molecule has 0 saturated carbocycles. The van der Waals surface area contributed by atoms with E-state index in [2.05, 4.69) is 75.4 Å². The Kier molecular flexibility index (Phi) is 12.6. The molecule has 12 heteroatoms. The first kappa shape index (κ1) is 43.8. The summed E-state index contributed by atoms with van der Waals surface area (Å²) in [6.45, 7) is 14.0. The molecule has 1 spiro atoms. The van der Waals surface area contributed by atoms with Gasteiger partial charge < -0.3 is 24.2 Å². The smallest absolute Gasteiger partial charge is 0.269 e. The van der Waals surface area contributed by atoms with E-state index in [1.165, 1.54) is 16.3 Å². The van der Waals surface area contributed by atoms with Gasteiger partial charge in [0.25, 0.3) is 11.8 Å². The van der Waals surface area contributed by atoms with Crippen LogP contribution in [0.4, 0.5) is 17.1 Å². The number of carbonyl (C=O) groups excluding carboxylic acids is 2. The van der Waals surface area contributed by atoms with Gasteiger partial charge in [0, 0.05) is 36.5 Å². The number of methoxy groups -OCH3 is 1. The van der Waals surface area contributed by atoms with Crippen molar-refractivity contribution in [1.29, 1.82) is 0 Å².